The van der Waals surface area contributed by atoms with Gasteiger partial charge in [0.25, 0.3) is 0 Å². The second-order valence-electron chi connectivity index (χ2n) is 4.06. The van der Waals surface area contributed by atoms with Crippen molar-refractivity contribution in [3.8, 4) is 0 Å². The van der Waals surface area contributed by atoms with Gasteiger partial charge in [0.1, 0.15) is 5.82 Å². The van der Waals surface area contributed by atoms with E-state index in [4.69, 9.17) is 22.4 Å². The van der Waals surface area contributed by atoms with Crippen LogP contribution >= 0.6 is 11.6 Å². The summed E-state index contributed by atoms with van der Waals surface area (Å²) in [7, 11) is 0. The Hall–Kier alpha value is -2.21. The molecule has 7 heteroatoms. The molecule has 0 bridgehead atoms. The summed E-state index contributed by atoms with van der Waals surface area (Å²) in [5.74, 6) is -2.70. The molecule has 1 aromatic heterocycles. The molecule has 0 saturated carbocycles. The molecule has 0 unspecified atom stereocenters. The van der Waals surface area contributed by atoms with Crippen LogP contribution in [0.1, 0.15) is 21.7 Å². The summed E-state index contributed by atoms with van der Waals surface area (Å²) in [6.45, 7) is 0. The lowest BCUT2D eigenvalue weighted by Crippen LogP contribution is -2.10. The summed E-state index contributed by atoms with van der Waals surface area (Å²) in [4.78, 5) is 14.6. The number of nitrogen functional groups attached to an aromatic ring is 1. The molecule has 4 nitrogen and oxygen atoms in total. The van der Waals surface area contributed by atoms with Gasteiger partial charge in [-0.2, -0.15) is 0 Å². The maximum absolute atomic E-state index is 13.9. The van der Waals surface area contributed by atoms with Gasteiger partial charge in [0, 0.05) is 6.42 Å². The molecule has 1 heterocycles. The summed E-state index contributed by atoms with van der Waals surface area (Å²) < 4.78 is 26.7. The van der Waals surface area contributed by atoms with E-state index in [0.29, 0.717) is 5.56 Å². The number of aromatic carboxylic acids is 1. The average molecular weight is 299 g/mol. The van der Waals surface area contributed by atoms with Crippen molar-refractivity contribution in [2.24, 2.45) is 0 Å². The highest BCUT2D eigenvalue weighted by atomic mass is 35.5. The monoisotopic (exact) mass is 298 g/mol. The summed E-state index contributed by atoms with van der Waals surface area (Å²) in [5.41, 5.74) is 4.86. The van der Waals surface area contributed by atoms with Crippen molar-refractivity contribution in [1.29, 1.82) is 0 Å². The zero-order valence-corrected chi connectivity index (χ0v) is 10.8. The van der Waals surface area contributed by atoms with Gasteiger partial charge >= 0.3 is 5.97 Å². The lowest BCUT2D eigenvalue weighted by atomic mass is 10.1. The number of carboxylic acid groups (broad SMARTS) is 1. The number of benzene rings is 1. The first-order valence-electron chi connectivity index (χ1n) is 5.51. The number of aromatic nitrogens is 1. The van der Waals surface area contributed by atoms with E-state index in [1.807, 2.05) is 0 Å². The fourth-order valence-electron chi connectivity index (χ4n) is 1.67. The van der Waals surface area contributed by atoms with Crippen LogP contribution in [-0.4, -0.2) is 16.1 Å². The highest BCUT2D eigenvalue weighted by molar-refractivity contribution is 6.35. The number of carboxylic acids is 1. The van der Waals surface area contributed by atoms with E-state index in [2.05, 4.69) is 4.98 Å². The lowest BCUT2D eigenvalue weighted by molar-refractivity contribution is 0.0690. The minimum Gasteiger partial charge on any atom is -0.476 e. The molecule has 0 aliphatic rings. The molecule has 0 radical (unpaired) electrons. The van der Waals surface area contributed by atoms with Crippen LogP contribution in [0.4, 0.5) is 14.5 Å². The molecule has 20 heavy (non-hydrogen) atoms. The number of hydrogen-bond donors (Lipinski definition) is 2. The summed E-state index contributed by atoms with van der Waals surface area (Å²) in [5, 5.41) is 8.50. The van der Waals surface area contributed by atoms with Crippen molar-refractivity contribution < 1.29 is 18.7 Å². The van der Waals surface area contributed by atoms with Crippen molar-refractivity contribution in [3.63, 3.8) is 0 Å². The summed E-state index contributed by atoms with van der Waals surface area (Å²) in [6.07, 6.45) is -0.0201. The predicted octanol–water partition coefficient (Wildman–Crippen LogP) is 2.88. The van der Waals surface area contributed by atoms with E-state index < -0.39 is 34.0 Å². The molecule has 2 aromatic rings. The number of pyridine rings is 1. The maximum Gasteiger partial charge on any atom is 0.356 e. The molecule has 0 saturated heterocycles. The molecule has 0 spiro atoms. The third-order valence-electron chi connectivity index (χ3n) is 2.67. The Kier molecular flexibility index (Phi) is 3.85. The van der Waals surface area contributed by atoms with Crippen molar-refractivity contribution in [3.05, 3.63) is 57.9 Å². The molecule has 2 rings (SSSR count). The van der Waals surface area contributed by atoms with Gasteiger partial charge in [-0.3, -0.25) is 0 Å². The molecule has 0 fully saturated rings. The van der Waals surface area contributed by atoms with E-state index in [0.717, 1.165) is 0 Å². The Labute approximate surface area is 117 Å². The number of anilines is 1. The lowest BCUT2D eigenvalue weighted by Gasteiger charge is -2.09. The Morgan fingerprint density at radius 2 is 1.90 bits per heavy atom. The van der Waals surface area contributed by atoms with Crippen LogP contribution in [0.25, 0.3) is 0 Å². The normalized spacial score (nSPS) is 10.6. The number of rotatable bonds is 3. The van der Waals surface area contributed by atoms with E-state index in [9.17, 15) is 13.6 Å². The third-order valence-corrected chi connectivity index (χ3v) is 3.05. The van der Waals surface area contributed by atoms with Crippen LogP contribution in [0.2, 0.25) is 5.02 Å². The van der Waals surface area contributed by atoms with E-state index in [1.165, 1.54) is 24.3 Å². The van der Waals surface area contributed by atoms with Gasteiger partial charge in [-0.05, 0) is 17.7 Å². The quantitative estimate of drug-likeness (QED) is 0.913. The van der Waals surface area contributed by atoms with E-state index >= 15 is 0 Å². The Bertz CT molecular complexity index is 675. The Morgan fingerprint density at radius 3 is 2.45 bits per heavy atom. The molecule has 0 atom stereocenters. The third kappa shape index (κ3) is 2.70. The zero-order valence-electron chi connectivity index (χ0n) is 10.0. The Balaban J connectivity index is 2.46. The van der Waals surface area contributed by atoms with Gasteiger partial charge in [-0.15, -0.1) is 0 Å². The molecular formula is C13H9ClF2N2O2. The predicted molar refractivity (Wildman–Crippen MR) is 69.8 cm³/mol. The van der Waals surface area contributed by atoms with Crippen molar-refractivity contribution in [1.82, 2.24) is 4.98 Å². The van der Waals surface area contributed by atoms with Crippen molar-refractivity contribution in [2.75, 3.05) is 5.73 Å². The standard InChI is InChI=1S/C13H9ClF2N2O2/c14-9-11(17)10(16)8(18-12(9)13(19)20)5-6-1-3-7(15)4-2-6/h1-4H,5H2,(H2,17,18)(H,19,20). The molecule has 1 aromatic carbocycles. The fraction of sp³-hybridized carbons (Fsp3) is 0.0769. The number of nitrogens with zero attached hydrogens (tertiary/aromatic N) is 1. The smallest absolute Gasteiger partial charge is 0.356 e. The first kappa shape index (κ1) is 14.2. The van der Waals surface area contributed by atoms with Gasteiger partial charge in [-0.25, -0.2) is 18.6 Å². The molecule has 3 N–H and O–H groups in total. The van der Waals surface area contributed by atoms with Crippen LogP contribution in [0.5, 0.6) is 0 Å². The van der Waals surface area contributed by atoms with Crippen molar-refractivity contribution in [2.45, 2.75) is 6.42 Å². The van der Waals surface area contributed by atoms with Crippen LogP contribution in [0.3, 0.4) is 0 Å². The SMILES string of the molecule is Nc1c(F)c(Cc2ccc(F)cc2)nc(C(=O)O)c1Cl. The molecule has 0 amide bonds. The largest absolute Gasteiger partial charge is 0.476 e. The minimum absolute atomic E-state index is 0.0201. The molecule has 104 valence electrons. The number of hydrogen-bond acceptors (Lipinski definition) is 3. The Morgan fingerprint density at radius 1 is 1.30 bits per heavy atom. The number of carbonyl (C=O) groups is 1. The van der Waals surface area contributed by atoms with Gasteiger partial charge in [0.2, 0.25) is 0 Å². The van der Waals surface area contributed by atoms with E-state index in [-0.39, 0.29) is 12.1 Å². The van der Waals surface area contributed by atoms with Gasteiger partial charge in [0.15, 0.2) is 11.5 Å². The topological polar surface area (TPSA) is 76.2 Å². The minimum atomic E-state index is -1.40. The summed E-state index contributed by atoms with van der Waals surface area (Å²) in [6, 6.07) is 5.32. The van der Waals surface area contributed by atoms with Crippen LogP contribution in [-0.2, 0) is 6.42 Å². The summed E-state index contributed by atoms with van der Waals surface area (Å²) >= 11 is 5.63. The molecule has 0 aliphatic heterocycles. The first-order valence-corrected chi connectivity index (χ1v) is 5.89. The second kappa shape index (κ2) is 5.42. The number of halogens is 3. The van der Waals surface area contributed by atoms with Crippen LogP contribution < -0.4 is 5.73 Å². The zero-order chi connectivity index (χ0) is 14.9. The first-order chi connectivity index (χ1) is 9.40. The molecule has 0 aliphatic carbocycles. The van der Waals surface area contributed by atoms with Crippen LogP contribution in [0.15, 0.2) is 24.3 Å². The average Bonchev–Trinajstić information content (AvgIpc) is 2.41. The van der Waals surface area contributed by atoms with E-state index in [1.54, 1.807) is 0 Å². The second-order valence-corrected chi connectivity index (χ2v) is 4.44. The van der Waals surface area contributed by atoms with Gasteiger partial charge in [-0.1, -0.05) is 23.7 Å². The van der Waals surface area contributed by atoms with Crippen molar-refractivity contribution >= 4 is 23.3 Å². The maximum atomic E-state index is 13.9. The highest BCUT2D eigenvalue weighted by Crippen LogP contribution is 2.28. The van der Waals surface area contributed by atoms with Gasteiger partial charge < -0.3 is 10.8 Å². The highest BCUT2D eigenvalue weighted by Gasteiger charge is 2.20. The van der Waals surface area contributed by atoms with Gasteiger partial charge in [0.05, 0.1) is 16.4 Å². The van der Waals surface area contributed by atoms with Crippen LogP contribution in [0, 0.1) is 11.6 Å². The molecular weight excluding hydrogens is 290 g/mol. The number of nitrogens with two attached hydrogens (primary N) is 1. The fourth-order valence-corrected chi connectivity index (χ4v) is 1.87.